The molecule has 0 aliphatic carbocycles. The predicted molar refractivity (Wildman–Crippen MR) is 109 cm³/mol. The zero-order valence-corrected chi connectivity index (χ0v) is 15.6. The standard InChI is InChI=1S/C18H11ClN2O3S2/c19-14-5-1-2-6-15(14)20-17(22)16(26-18(20)25)7-3-4-12-8-10-13(11-9-12)21(23)24/h1-11H/b4-3-,16-7-. The molecule has 1 aliphatic rings. The minimum atomic E-state index is -0.451. The lowest BCUT2D eigenvalue weighted by Gasteiger charge is -2.15. The summed E-state index contributed by atoms with van der Waals surface area (Å²) in [5.74, 6) is -0.235. The molecule has 0 bridgehead atoms. The second kappa shape index (κ2) is 7.82. The average Bonchev–Trinajstić information content (AvgIpc) is 2.90. The predicted octanol–water partition coefficient (Wildman–Crippen LogP) is 5.21. The highest BCUT2D eigenvalue weighted by Crippen LogP contribution is 2.37. The monoisotopic (exact) mass is 402 g/mol. The Morgan fingerprint density at radius 3 is 2.50 bits per heavy atom. The molecule has 0 aromatic heterocycles. The first-order valence-electron chi connectivity index (χ1n) is 7.41. The summed E-state index contributed by atoms with van der Waals surface area (Å²) in [4.78, 5) is 24.7. The smallest absolute Gasteiger partial charge is 0.268 e. The van der Waals surface area contributed by atoms with Crippen LogP contribution in [0.4, 0.5) is 11.4 Å². The van der Waals surface area contributed by atoms with E-state index < -0.39 is 4.92 Å². The fourth-order valence-electron chi connectivity index (χ4n) is 2.28. The highest BCUT2D eigenvalue weighted by Gasteiger charge is 2.33. The molecular formula is C18H11ClN2O3S2. The van der Waals surface area contributed by atoms with Crippen molar-refractivity contribution in [2.75, 3.05) is 4.90 Å². The molecule has 1 fully saturated rings. The van der Waals surface area contributed by atoms with Gasteiger partial charge < -0.3 is 0 Å². The van der Waals surface area contributed by atoms with Gasteiger partial charge in [-0.15, -0.1) is 0 Å². The van der Waals surface area contributed by atoms with Gasteiger partial charge in [0, 0.05) is 12.1 Å². The summed E-state index contributed by atoms with van der Waals surface area (Å²) in [6.07, 6.45) is 5.13. The molecule has 0 saturated carbocycles. The largest absolute Gasteiger partial charge is 0.270 e. The number of non-ortho nitro benzene ring substituents is 1. The van der Waals surface area contributed by atoms with Crippen LogP contribution in [0.15, 0.2) is 65.6 Å². The molecule has 0 spiro atoms. The molecule has 2 aromatic rings. The van der Waals surface area contributed by atoms with Gasteiger partial charge in [-0.2, -0.15) is 0 Å². The first-order chi connectivity index (χ1) is 12.5. The molecule has 1 amide bonds. The molecule has 130 valence electrons. The lowest BCUT2D eigenvalue weighted by molar-refractivity contribution is -0.384. The van der Waals surface area contributed by atoms with Crippen LogP contribution in [0.3, 0.4) is 0 Å². The summed E-state index contributed by atoms with van der Waals surface area (Å²) >= 11 is 12.7. The van der Waals surface area contributed by atoms with Crippen LogP contribution in [0, 0.1) is 10.1 Å². The van der Waals surface area contributed by atoms with Gasteiger partial charge >= 0.3 is 0 Å². The van der Waals surface area contributed by atoms with E-state index in [0.29, 0.717) is 19.9 Å². The maximum Gasteiger partial charge on any atom is 0.270 e. The van der Waals surface area contributed by atoms with Gasteiger partial charge in [-0.1, -0.05) is 59.9 Å². The molecule has 26 heavy (non-hydrogen) atoms. The highest BCUT2D eigenvalue weighted by molar-refractivity contribution is 8.27. The Bertz CT molecular complexity index is 955. The third-order valence-corrected chi connectivity index (χ3v) is 5.17. The second-order valence-electron chi connectivity index (χ2n) is 5.20. The van der Waals surface area contributed by atoms with Gasteiger partial charge in [-0.25, -0.2) is 0 Å². The van der Waals surface area contributed by atoms with Crippen LogP contribution >= 0.6 is 35.6 Å². The van der Waals surface area contributed by atoms with Crippen LogP contribution in [0.5, 0.6) is 0 Å². The van der Waals surface area contributed by atoms with Crippen LogP contribution < -0.4 is 4.90 Å². The van der Waals surface area contributed by atoms with Gasteiger partial charge in [0.25, 0.3) is 11.6 Å². The summed E-state index contributed by atoms with van der Waals surface area (Å²) in [5.41, 5.74) is 1.37. The number of anilines is 1. The van der Waals surface area contributed by atoms with E-state index in [2.05, 4.69) is 0 Å². The second-order valence-corrected chi connectivity index (χ2v) is 7.28. The van der Waals surface area contributed by atoms with Gasteiger partial charge in [-0.05, 0) is 35.9 Å². The molecule has 5 nitrogen and oxygen atoms in total. The maximum atomic E-state index is 12.6. The molecule has 0 N–H and O–H groups in total. The quantitative estimate of drug-likeness (QED) is 0.304. The highest BCUT2D eigenvalue weighted by atomic mass is 35.5. The van der Waals surface area contributed by atoms with Crippen LogP contribution in [0.2, 0.25) is 5.02 Å². The van der Waals surface area contributed by atoms with Gasteiger partial charge in [0.1, 0.15) is 0 Å². The fourth-order valence-corrected chi connectivity index (χ4v) is 3.73. The fraction of sp³-hybridized carbons (Fsp3) is 0. The Labute approximate surface area is 164 Å². The molecule has 8 heteroatoms. The SMILES string of the molecule is O=C1/C(=C/C=C\c2ccc([N+](=O)[O-])cc2)SC(=S)N1c1ccccc1Cl. The Morgan fingerprint density at radius 1 is 1.15 bits per heavy atom. The summed E-state index contributed by atoms with van der Waals surface area (Å²) in [7, 11) is 0. The van der Waals surface area contributed by atoms with Gasteiger partial charge in [-0.3, -0.25) is 19.8 Å². The number of nitrogens with zero attached hydrogens (tertiary/aromatic N) is 2. The maximum absolute atomic E-state index is 12.6. The Morgan fingerprint density at radius 2 is 1.85 bits per heavy atom. The Balaban J connectivity index is 1.78. The molecule has 0 atom stereocenters. The zero-order chi connectivity index (χ0) is 18.7. The number of amides is 1. The first kappa shape index (κ1) is 18.3. The summed E-state index contributed by atoms with van der Waals surface area (Å²) in [6.45, 7) is 0. The number of thiocarbonyl (C=S) groups is 1. The summed E-state index contributed by atoms with van der Waals surface area (Å²) in [5, 5.41) is 11.1. The number of hydrogen-bond donors (Lipinski definition) is 0. The molecule has 1 saturated heterocycles. The van der Waals surface area contributed by atoms with Crippen molar-refractivity contribution in [3.8, 4) is 0 Å². The normalized spacial score (nSPS) is 16.0. The first-order valence-corrected chi connectivity index (χ1v) is 9.01. The van der Waals surface area contributed by atoms with Crippen molar-refractivity contribution >= 4 is 63.3 Å². The van der Waals surface area contributed by atoms with E-state index >= 15 is 0 Å². The number of halogens is 1. The molecule has 0 unspecified atom stereocenters. The summed E-state index contributed by atoms with van der Waals surface area (Å²) in [6, 6.07) is 13.1. The lowest BCUT2D eigenvalue weighted by atomic mass is 10.2. The number of thioether (sulfide) groups is 1. The number of benzene rings is 2. The summed E-state index contributed by atoms with van der Waals surface area (Å²) < 4.78 is 0.415. The van der Waals surface area contributed by atoms with E-state index in [4.69, 9.17) is 23.8 Å². The van der Waals surface area contributed by atoms with Crippen LogP contribution in [-0.2, 0) is 4.79 Å². The number of nitro benzene ring substituents is 1. The van der Waals surface area contributed by atoms with Crippen molar-refractivity contribution in [1.29, 1.82) is 0 Å². The minimum absolute atomic E-state index is 0.0303. The molecule has 3 rings (SSSR count). The Kier molecular flexibility index (Phi) is 5.51. The van der Waals surface area contributed by atoms with E-state index in [1.165, 1.54) is 28.8 Å². The zero-order valence-electron chi connectivity index (χ0n) is 13.2. The van der Waals surface area contributed by atoms with Crippen LogP contribution in [-0.4, -0.2) is 15.2 Å². The van der Waals surface area contributed by atoms with Crippen molar-refractivity contribution in [3.05, 3.63) is 86.3 Å². The van der Waals surface area contributed by atoms with Crippen molar-refractivity contribution in [3.63, 3.8) is 0 Å². The number of carbonyl (C=O) groups is 1. The number of carbonyl (C=O) groups excluding carboxylic acids is 1. The van der Waals surface area contributed by atoms with Crippen LogP contribution in [0.1, 0.15) is 5.56 Å². The lowest BCUT2D eigenvalue weighted by Crippen LogP contribution is -2.27. The minimum Gasteiger partial charge on any atom is -0.268 e. The van der Waals surface area contributed by atoms with Crippen LogP contribution in [0.25, 0.3) is 6.08 Å². The number of allylic oxidation sites excluding steroid dienone is 2. The van der Waals surface area contributed by atoms with Gasteiger partial charge in [0.05, 0.1) is 20.5 Å². The van der Waals surface area contributed by atoms with Crippen molar-refractivity contribution < 1.29 is 9.72 Å². The van der Waals surface area contributed by atoms with Crippen molar-refractivity contribution in [2.24, 2.45) is 0 Å². The van der Waals surface area contributed by atoms with Crippen molar-refractivity contribution in [1.82, 2.24) is 0 Å². The van der Waals surface area contributed by atoms with E-state index in [9.17, 15) is 14.9 Å². The van der Waals surface area contributed by atoms with E-state index in [-0.39, 0.29) is 11.6 Å². The van der Waals surface area contributed by atoms with E-state index in [0.717, 1.165) is 5.56 Å². The topological polar surface area (TPSA) is 63.4 Å². The molecule has 2 aromatic carbocycles. The number of nitro groups is 1. The van der Waals surface area contributed by atoms with Gasteiger partial charge in [0.2, 0.25) is 0 Å². The number of para-hydroxylation sites is 1. The third kappa shape index (κ3) is 3.85. The number of hydrogen-bond acceptors (Lipinski definition) is 5. The number of rotatable bonds is 4. The Hall–Kier alpha value is -2.48. The van der Waals surface area contributed by atoms with Crippen molar-refractivity contribution in [2.45, 2.75) is 0 Å². The third-order valence-electron chi connectivity index (χ3n) is 3.53. The average molecular weight is 403 g/mol. The molecular weight excluding hydrogens is 392 g/mol. The van der Waals surface area contributed by atoms with E-state index in [1.54, 1.807) is 54.6 Å². The van der Waals surface area contributed by atoms with E-state index in [1.807, 2.05) is 0 Å². The molecule has 0 radical (unpaired) electrons. The van der Waals surface area contributed by atoms with Gasteiger partial charge in [0.15, 0.2) is 4.32 Å². The molecule has 1 heterocycles. The molecule has 1 aliphatic heterocycles.